The largest absolute Gasteiger partial charge is 0.484 e. The normalized spacial score (nSPS) is 11.2. The van der Waals surface area contributed by atoms with E-state index < -0.39 is 0 Å². The highest BCUT2D eigenvalue weighted by Crippen LogP contribution is 2.24. The van der Waals surface area contributed by atoms with Crippen LogP contribution in [0.5, 0.6) is 5.75 Å². The van der Waals surface area contributed by atoms with Crippen molar-refractivity contribution in [3.63, 3.8) is 0 Å². The van der Waals surface area contributed by atoms with Crippen molar-refractivity contribution in [3.8, 4) is 5.75 Å². The van der Waals surface area contributed by atoms with Crippen molar-refractivity contribution in [1.82, 2.24) is 0 Å². The van der Waals surface area contributed by atoms with Gasteiger partial charge in [0.2, 0.25) is 0 Å². The Morgan fingerprint density at radius 3 is 2.12 bits per heavy atom. The third-order valence-electron chi connectivity index (χ3n) is 5.17. The summed E-state index contributed by atoms with van der Waals surface area (Å²) in [6.45, 7) is 6.34. The number of carbonyl (C=O) groups is 2. The Morgan fingerprint density at radius 1 is 0.848 bits per heavy atom. The summed E-state index contributed by atoms with van der Waals surface area (Å²) < 4.78 is 11.2. The van der Waals surface area contributed by atoms with Crippen molar-refractivity contribution in [2.45, 2.75) is 26.2 Å². The fourth-order valence-electron chi connectivity index (χ4n) is 3.32. The second kappa shape index (κ2) is 9.20. The molecule has 0 aliphatic carbocycles. The van der Waals surface area contributed by atoms with E-state index in [1.54, 1.807) is 30.3 Å². The van der Waals surface area contributed by atoms with Crippen LogP contribution in [0, 0.1) is 0 Å². The van der Waals surface area contributed by atoms with Gasteiger partial charge in [0.25, 0.3) is 11.8 Å². The summed E-state index contributed by atoms with van der Waals surface area (Å²) in [5.74, 6) is 0.269. The van der Waals surface area contributed by atoms with E-state index in [9.17, 15) is 9.59 Å². The van der Waals surface area contributed by atoms with Crippen LogP contribution < -0.4 is 15.4 Å². The fourth-order valence-corrected chi connectivity index (χ4v) is 3.32. The van der Waals surface area contributed by atoms with Gasteiger partial charge in [-0.3, -0.25) is 9.59 Å². The zero-order valence-corrected chi connectivity index (χ0v) is 18.8. The summed E-state index contributed by atoms with van der Waals surface area (Å²) in [4.78, 5) is 24.7. The molecule has 6 heteroatoms. The number of furan rings is 1. The van der Waals surface area contributed by atoms with Crippen LogP contribution in [0.15, 0.2) is 83.3 Å². The van der Waals surface area contributed by atoms with Crippen LogP contribution in [-0.2, 0) is 10.2 Å². The lowest BCUT2D eigenvalue weighted by Crippen LogP contribution is -2.20. The molecule has 0 saturated carbocycles. The zero-order chi connectivity index (χ0) is 23.4. The Balaban J connectivity index is 1.29. The Hall–Kier alpha value is -4.06. The summed E-state index contributed by atoms with van der Waals surface area (Å²) in [6.07, 6.45) is 0. The highest BCUT2D eigenvalue weighted by molar-refractivity contribution is 6.04. The molecule has 0 aliphatic rings. The Labute approximate surface area is 192 Å². The number of nitrogens with one attached hydrogen (secondary N) is 2. The van der Waals surface area contributed by atoms with E-state index in [4.69, 9.17) is 9.15 Å². The van der Waals surface area contributed by atoms with Gasteiger partial charge in [0.15, 0.2) is 12.4 Å². The molecule has 3 aromatic carbocycles. The van der Waals surface area contributed by atoms with Gasteiger partial charge in [-0.25, -0.2) is 0 Å². The molecule has 2 N–H and O–H groups in total. The van der Waals surface area contributed by atoms with Gasteiger partial charge >= 0.3 is 0 Å². The minimum absolute atomic E-state index is 0.0631. The average Bonchev–Trinajstić information content (AvgIpc) is 3.23. The van der Waals surface area contributed by atoms with Crippen molar-refractivity contribution >= 4 is 34.2 Å². The maximum Gasteiger partial charge on any atom is 0.291 e. The van der Waals surface area contributed by atoms with Gasteiger partial charge in [-0.2, -0.15) is 0 Å². The summed E-state index contributed by atoms with van der Waals surface area (Å²) in [5.41, 5.74) is 3.12. The number of para-hydroxylation sites is 1. The molecule has 6 nitrogen and oxygen atoms in total. The zero-order valence-electron chi connectivity index (χ0n) is 18.8. The van der Waals surface area contributed by atoms with Gasteiger partial charge in [0.05, 0.1) is 0 Å². The minimum atomic E-state index is -0.339. The van der Waals surface area contributed by atoms with E-state index in [0.29, 0.717) is 22.7 Å². The highest BCUT2D eigenvalue weighted by atomic mass is 16.5. The van der Waals surface area contributed by atoms with Crippen LogP contribution in [0.2, 0.25) is 0 Å². The number of benzene rings is 3. The number of anilines is 2. The molecule has 0 saturated heterocycles. The van der Waals surface area contributed by atoms with E-state index >= 15 is 0 Å². The summed E-state index contributed by atoms with van der Waals surface area (Å²) in [6, 6.07) is 23.7. The molecule has 0 spiro atoms. The van der Waals surface area contributed by atoms with Crippen LogP contribution in [0.4, 0.5) is 11.4 Å². The van der Waals surface area contributed by atoms with Gasteiger partial charge in [0, 0.05) is 16.8 Å². The van der Waals surface area contributed by atoms with E-state index in [0.717, 1.165) is 5.39 Å². The van der Waals surface area contributed by atoms with Crippen LogP contribution in [0.1, 0.15) is 36.9 Å². The number of carbonyl (C=O) groups excluding carboxylic acids is 2. The quantitative estimate of drug-likeness (QED) is 0.384. The van der Waals surface area contributed by atoms with Crippen molar-refractivity contribution < 1.29 is 18.7 Å². The monoisotopic (exact) mass is 442 g/mol. The van der Waals surface area contributed by atoms with Crippen LogP contribution >= 0.6 is 0 Å². The molecule has 0 radical (unpaired) electrons. The molecule has 2 amide bonds. The predicted molar refractivity (Wildman–Crippen MR) is 130 cm³/mol. The molecule has 0 atom stereocenters. The lowest BCUT2D eigenvalue weighted by Gasteiger charge is -2.19. The number of fused-ring (bicyclic) bond motifs is 1. The minimum Gasteiger partial charge on any atom is -0.484 e. The van der Waals surface area contributed by atoms with Crippen LogP contribution in [-0.4, -0.2) is 18.4 Å². The first-order valence-electron chi connectivity index (χ1n) is 10.7. The first-order chi connectivity index (χ1) is 15.8. The number of rotatable bonds is 6. The number of hydrogen-bond acceptors (Lipinski definition) is 4. The highest BCUT2D eigenvalue weighted by Gasteiger charge is 2.14. The Morgan fingerprint density at radius 2 is 1.48 bits per heavy atom. The number of ether oxygens (including phenoxy) is 1. The summed E-state index contributed by atoms with van der Waals surface area (Å²) in [7, 11) is 0. The summed E-state index contributed by atoms with van der Waals surface area (Å²) >= 11 is 0. The SMILES string of the molecule is CC(C)(C)c1ccc(OCC(=O)Nc2ccc(NC(=O)c3cc4ccccc4o3)cc2)cc1. The van der Waals surface area contributed by atoms with Crippen LogP contribution in [0.25, 0.3) is 11.0 Å². The first-order valence-corrected chi connectivity index (χ1v) is 10.7. The topological polar surface area (TPSA) is 80.6 Å². The smallest absolute Gasteiger partial charge is 0.291 e. The van der Waals surface area contributed by atoms with E-state index in [-0.39, 0.29) is 29.6 Å². The second-order valence-corrected chi connectivity index (χ2v) is 8.79. The standard InChI is InChI=1S/C27H26N2O4/c1-27(2,3)19-8-14-22(15-9-19)32-17-25(30)28-20-10-12-21(13-11-20)29-26(31)24-16-18-6-4-5-7-23(18)33-24/h4-16H,17H2,1-3H3,(H,28,30)(H,29,31). The molecule has 4 rings (SSSR count). The summed E-state index contributed by atoms with van der Waals surface area (Å²) in [5, 5.41) is 6.44. The predicted octanol–water partition coefficient (Wildman–Crippen LogP) is 6.00. The lowest BCUT2D eigenvalue weighted by atomic mass is 9.87. The van der Waals surface area contributed by atoms with Crippen molar-refractivity contribution in [3.05, 3.63) is 90.2 Å². The van der Waals surface area contributed by atoms with Gasteiger partial charge in [-0.05, 0) is 59.5 Å². The molecule has 168 valence electrons. The van der Waals surface area contributed by atoms with Crippen LogP contribution in [0.3, 0.4) is 0 Å². The lowest BCUT2D eigenvalue weighted by molar-refractivity contribution is -0.118. The fraction of sp³-hybridized carbons (Fsp3) is 0.185. The molecule has 0 aliphatic heterocycles. The van der Waals surface area contributed by atoms with Gasteiger partial charge in [-0.15, -0.1) is 0 Å². The van der Waals surface area contributed by atoms with E-state index in [1.165, 1.54) is 5.56 Å². The molecule has 4 aromatic rings. The molecule has 1 aromatic heterocycles. The third kappa shape index (κ3) is 5.60. The molecule has 1 heterocycles. The average molecular weight is 443 g/mol. The number of amides is 2. The molecule has 0 unspecified atom stereocenters. The Kier molecular flexibility index (Phi) is 6.18. The molecule has 0 fully saturated rings. The maximum absolute atomic E-state index is 12.5. The number of hydrogen-bond donors (Lipinski definition) is 2. The van der Waals surface area contributed by atoms with E-state index in [1.807, 2.05) is 48.5 Å². The van der Waals surface area contributed by atoms with Crippen molar-refractivity contribution in [1.29, 1.82) is 0 Å². The molecule has 33 heavy (non-hydrogen) atoms. The van der Waals surface area contributed by atoms with E-state index in [2.05, 4.69) is 31.4 Å². The van der Waals surface area contributed by atoms with Gasteiger partial charge < -0.3 is 19.8 Å². The van der Waals surface area contributed by atoms with Gasteiger partial charge in [-0.1, -0.05) is 51.1 Å². The maximum atomic E-state index is 12.5. The first kappa shape index (κ1) is 22.1. The molecular formula is C27H26N2O4. The van der Waals surface area contributed by atoms with Crippen molar-refractivity contribution in [2.75, 3.05) is 17.2 Å². The molecular weight excluding hydrogens is 416 g/mol. The van der Waals surface area contributed by atoms with Gasteiger partial charge in [0.1, 0.15) is 11.3 Å². The Bertz CT molecular complexity index is 1230. The third-order valence-corrected chi connectivity index (χ3v) is 5.17. The van der Waals surface area contributed by atoms with Crippen molar-refractivity contribution in [2.24, 2.45) is 0 Å². The molecule has 0 bridgehead atoms. The second-order valence-electron chi connectivity index (χ2n) is 8.79.